The van der Waals surface area contributed by atoms with Crippen LogP contribution < -0.4 is 10.4 Å². The minimum Gasteiger partial charge on any atom is -0.497 e. The van der Waals surface area contributed by atoms with E-state index in [1.165, 1.54) is 0 Å². The van der Waals surface area contributed by atoms with Crippen LogP contribution in [0.2, 0.25) is 0 Å². The molecule has 6 nitrogen and oxygen atoms in total. The second-order valence-electron chi connectivity index (χ2n) is 7.70. The Bertz CT molecular complexity index is 1540. The fraction of sp³-hybridized carbons (Fsp3) is 0.208. The van der Waals surface area contributed by atoms with Crippen molar-refractivity contribution < 1.29 is 9.15 Å². The lowest BCUT2D eigenvalue weighted by Gasteiger charge is -2.10. The van der Waals surface area contributed by atoms with Crippen LogP contribution in [0.1, 0.15) is 22.3 Å². The lowest BCUT2D eigenvalue weighted by molar-refractivity contribution is 0.415. The first kappa shape index (κ1) is 19.6. The van der Waals surface area contributed by atoms with Gasteiger partial charge in [0.1, 0.15) is 11.3 Å². The van der Waals surface area contributed by atoms with E-state index < -0.39 is 0 Å². The molecule has 5 rings (SSSR count). The van der Waals surface area contributed by atoms with Gasteiger partial charge in [0.2, 0.25) is 0 Å². The van der Waals surface area contributed by atoms with E-state index in [2.05, 4.69) is 36.2 Å². The number of hydrogen-bond acceptors (Lipinski definition) is 6. The van der Waals surface area contributed by atoms with Gasteiger partial charge in [0.05, 0.1) is 12.6 Å². The number of rotatable bonds is 4. The number of aryl methyl sites for hydroxylation is 3. The van der Waals surface area contributed by atoms with Gasteiger partial charge >= 0.3 is 5.63 Å². The predicted molar refractivity (Wildman–Crippen MR) is 123 cm³/mol. The molecular formula is C24H21N3O3S. The molecule has 0 radical (unpaired) electrons. The summed E-state index contributed by atoms with van der Waals surface area (Å²) in [5.74, 6) is 1.35. The molecule has 5 aromatic rings. The van der Waals surface area contributed by atoms with Gasteiger partial charge in [-0.05, 0) is 73.4 Å². The fourth-order valence-electron chi connectivity index (χ4n) is 3.87. The van der Waals surface area contributed by atoms with Crippen LogP contribution in [0.25, 0.3) is 27.5 Å². The first-order valence-electron chi connectivity index (χ1n) is 9.94. The zero-order valence-corrected chi connectivity index (χ0v) is 18.5. The van der Waals surface area contributed by atoms with E-state index in [9.17, 15) is 4.79 Å². The molecule has 7 heteroatoms. The summed E-state index contributed by atoms with van der Waals surface area (Å²) in [6.45, 7) is 6.14. The fourth-order valence-corrected chi connectivity index (χ4v) is 4.81. The zero-order valence-electron chi connectivity index (χ0n) is 17.7. The minimum absolute atomic E-state index is 0.344. The maximum atomic E-state index is 12.1. The highest BCUT2D eigenvalue weighted by molar-refractivity contribution is 7.98. The molecule has 0 unspecified atom stereocenters. The molecule has 0 N–H and O–H groups in total. The Morgan fingerprint density at radius 3 is 2.58 bits per heavy atom. The Morgan fingerprint density at radius 2 is 1.77 bits per heavy atom. The minimum atomic E-state index is -0.344. The Morgan fingerprint density at radius 1 is 0.968 bits per heavy atom. The van der Waals surface area contributed by atoms with Gasteiger partial charge in [0.15, 0.2) is 10.8 Å². The SMILES string of the molecule is COc1ccc2c(C)cc3nnc(SCc4cc(=O)oc5cc(C)c(C)cc45)n3c2c1. The van der Waals surface area contributed by atoms with Gasteiger partial charge in [0, 0.05) is 28.7 Å². The number of nitrogens with zero attached hydrogens (tertiary/aromatic N) is 3. The number of hydrogen-bond donors (Lipinski definition) is 0. The van der Waals surface area contributed by atoms with Crippen LogP contribution in [-0.4, -0.2) is 21.7 Å². The summed E-state index contributed by atoms with van der Waals surface area (Å²) in [5, 5.41) is 11.6. The summed E-state index contributed by atoms with van der Waals surface area (Å²) in [6.07, 6.45) is 0. The van der Waals surface area contributed by atoms with E-state index >= 15 is 0 Å². The standard InChI is InChI=1S/C24H21N3O3S/c1-13-7-19-16(10-23(28)30-21(19)8-14(13)2)12-31-24-26-25-22-9-15(3)18-6-5-17(29-4)11-20(18)27(22)24/h5-11H,12H2,1-4H3. The van der Waals surface area contributed by atoms with Crippen LogP contribution in [-0.2, 0) is 5.75 Å². The molecule has 3 aromatic heterocycles. The molecule has 0 aliphatic carbocycles. The summed E-state index contributed by atoms with van der Waals surface area (Å²) in [6, 6.07) is 13.6. The predicted octanol–water partition coefficient (Wildman–Crippen LogP) is 5.22. The summed E-state index contributed by atoms with van der Waals surface area (Å²) in [5.41, 5.74) is 6.35. The van der Waals surface area contributed by atoms with Gasteiger partial charge in [-0.2, -0.15) is 0 Å². The third-order valence-electron chi connectivity index (χ3n) is 5.68. The highest BCUT2D eigenvalue weighted by Crippen LogP contribution is 2.31. The molecule has 31 heavy (non-hydrogen) atoms. The van der Waals surface area contributed by atoms with Crippen molar-refractivity contribution in [1.82, 2.24) is 14.6 Å². The van der Waals surface area contributed by atoms with Gasteiger partial charge in [-0.25, -0.2) is 4.79 Å². The van der Waals surface area contributed by atoms with Crippen molar-refractivity contribution in [3.63, 3.8) is 0 Å². The smallest absolute Gasteiger partial charge is 0.336 e. The van der Waals surface area contributed by atoms with Crippen LogP contribution in [0.15, 0.2) is 56.8 Å². The number of aromatic nitrogens is 3. The number of pyridine rings is 1. The maximum Gasteiger partial charge on any atom is 0.336 e. The highest BCUT2D eigenvalue weighted by atomic mass is 32.2. The first-order chi connectivity index (χ1) is 14.9. The Balaban J connectivity index is 1.62. The molecule has 3 heterocycles. The van der Waals surface area contributed by atoms with Gasteiger partial charge in [-0.1, -0.05) is 11.8 Å². The summed E-state index contributed by atoms with van der Waals surface area (Å²) < 4.78 is 12.9. The van der Waals surface area contributed by atoms with Crippen LogP contribution in [0, 0.1) is 20.8 Å². The lowest BCUT2D eigenvalue weighted by atomic mass is 10.0. The van der Waals surface area contributed by atoms with Crippen molar-refractivity contribution in [2.75, 3.05) is 7.11 Å². The monoisotopic (exact) mass is 431 g/mol. The topological polar surface area (TPSA) is 69.6 Å². The molecule has 0 spiro atoms. The molecule has 156 valence electrons. The lowest BCUT2D eigenvalue weighted by Crippen LogP contribution is -2.01. The Labute approximate surface area is 182 Å². The second-order valence-corrected chi connectivity index (χ2v) is 8.64. The second kappa shape index (κ2) is 7.42. The van der Waals surface area contributed by atoms with E-state index in [1.54, 1.807) is 24.9 Å². The Kier molecular flexibility index (Phi) is 4.70. The third kappa shape index (κ3) is 3.35. The van der Waals surface area contributed by atoms with E-state index in [0.717, 1.165) is 55.1 Å². The largest absolute Gasteiger partial charge is 0.497 e. The van der Waals surface area contributed by atoms with Crippen molar-refractivity contribution in [3.8, 4) is 5.75 Å². The normalized spacial score (nSPS) is 11.6. The number of fused-ring (bicyclic) bond motifs is 4. The molecule has 0 saturated heterocycles. The average Bonchev–Trinajstić information content (AvgIpc) is 3.15. The van der Waals surface area contributed by atoms with Gasteiger partial charge in [-0.3, -0.25) is 4.40 Å². The summed E-state index contributed by atoms with van der Waals surface area (Å²) in [4.78, 5) is 12.1. The quantitative estimate of drug-likeness (QED) is 0.287. The number of thioether (sulfide) groups is 1. The van der Waals surface area contributed by atoms with Crippen molar-refractivity contribution in [2.45, 2.75) is 31.7 Å². The van der Waals surface area contributed by atoms with Gasteiger partial charge < -0.3 is 9.15 Å². The first-order valence-corrected chi connectivity index (χ1v) is 10.9. The van der Waals surface area contributed by atoms with Crippen molar-refractivity contribution in [3.05, 3.63) is 75.1 Å². The molecule has 0 aliphatic heterocycles. The maximum absolute atomic E-state index is 12.1. The molecule has 0 saturated carbocycles. The molecule has 0 bridgehead atoms. The van der Waals surface area contributed by atoms with E-state index in [0.29, 0.717) is 11.3 Å². The van der Waals surface area contributed by atoms with Crippen molar-refractivity contribution >= 4 is 39.3 Å². The Hall–Kier alpha value is -3.32. The number of benzene rings is 2. The molecular weight excluding hydrogens is 410 g/mol. The van der Waals surface area contributed by atoms with E-state index in [4.69, 9.17) is 9.15 Å². The van der Waals surface area contributed by atoms with Crippen molar-refractivity contribution in [2.24, 2.45) is 0 Å². The van der Waals surface area contributed by atoms with Crippen LogP contribution in [0.4, 0.5) is 0 Å². The summed E-state index contributed by atoms with van der Waals surface area (Å²) in [7, 11) is 1.66. The highest BCUT2D eigenvalue weighted by Gasteiger charge is 2.14. The van der Waals surface area contributed by atoms with Crippen molar-refractivity contribution in [1.29, 1.82) is 0 Å². The molecule has 0 fully saturated rings. The zero-order chi connectivity index (χ0) is 21.7. The molecule has 0 aliphatic rings. The average molecular weight is 432 g/mol. The third-order valence-corrected chi connectivity index (χ3v) is 6.65. The molecule has 0 atom stereocenters. The van der Waals surface area contributed by atoms with Crippen LogP contribution in [0.5, 0.6) is 5.75 Å². The van der Waals surface area contributed by atoms with E-state index in [1.807, 2.05) is 35.6 Å². The van der Waals surface area contributed by atoms with Gasteiger partial charge in [-0.15, -0.1) is 10.2 Å². The van der Waals surface area contributed by atoms with E-state index in [-0.39, 0.29) is 5.63 Å². The summed E-state index contributed by atoms with van der Waals surface area (Å²) >= 11 is 1.55. The number of ether oxygens (including phenoxy) is 1. The van der Waals surface area contributed by atoms with Crippen LogP contribution >= 0.6 is 11.8 Å². The van der Waals surface area contributed by atoms with Gasteiger partial charge in [0.25, 0.3) is 0 Å². The number of methoxy groups -OCH3 is 1. The molecule has 2 aromatic carbocycles. The molecule has 0 amide bonds. The van der Waals surface area contributed by atoms with Crippen LogP contribution in [0.3, 0.4) is 0 Å².